The van der Waals surface area contributed by atoms with Crippen molar-refractivity contribution in [1.29, 1.82) is 0 Å². The molecule has 0 aliphatic heterocycles. The van der Waals surface area contributed by atoms with Gasteiger partial charge in [-0.25, -0.2) is 4.98 Å². The quantitative estimate of drug-likeness (QED) is 0.584. The highest BCUT2D eigenvalue weighted by molar-refractivity contribution is 5.81. The second-order valence-electron chi connectivity index (χ2n) is 6.46. The number of hydrogen-bond acceptors (Lipinski definition) is 1. The Hall–Kier alpha value is -2.30. The number of imidazole rings is 1. The molecule has 124 valence electrons. The van der Waals surface area contributed by atoms with Crippen LogP contribution < -0.4 is 0 Å². The van der Waals surface area contributed by atoms with E-state index < -0.39 is 11.7 Å². The molecule has 3 aromatic rings. The molecule has 0 radical (unpaired) electrons. The molecule has 1 fully saturated rings. The summed E-state index contributed by atoms with van der Waals surface area (Å²) in [7, 11) is 0. The zero-order valence-corrected chi connectivity index (χ0v) is 13.3. The lowest BCUT2D eigenvalue weighted by atomic mass is 9.92. The zero-order chi connectivity index (χ0) is 16.9. The van der Waals surface area contributed by atoms with Gasteiger partial charge in [0.1, 0.15) is 5.82 Å². The van der Waals surface area contributed by atoms with Crippen molar-refractivity contribution >= 4 is 11.0 Å². The van der Waals surface area contributed by atoms with Crippen LogP contribution in [0.1, 0.15) is 36.4 Å². The van der Waals surface area contributed by atoms with Gasteiger partial charge in [0.2, 0.25) is 0 Å². The summed E-state index contributed by atoms with van der Waals surface area (Å²) in [6.45, 7) is 1.69. The number of hydrogen-bond donors (Lipinski definition) is 0. The summed E-state index contributed by atoms with van der Waals surface area (Å²) in [5.41, 5.74) is 2.32. The van der Waals surface area contributed by atoms with E-state index in [1.807, 2.05) is 24.3 Å². The van der Waals surface area contributed by atoms with Crippen LogP contribution in [0, 0.1) is 6.92 Å². The minimum Gasteiger partial charge on any atom is -0.321 e. The summed E-state index contributed by atoms with van der Waals surface area (Å²) in [6, 6.07) is 12.2. The number of alkyl halides is 3. The van der Waals surface area contributed by atoms with Gasteiger partial charge < -0.3 is 4.57 Å². The minimum atomic E-state index is -4.35. The van der Waals surface area contributed by atoms with E-state index in [4.69, 9.17) is 0 Å². The molecule has 2 aromatic carbocycles. The van der Waals surface area contributed by atoms with Crippen molar-refractivity contribution in [2.75, 3.05) is 0 Å². The van der Waals surface area contributed by atoms with E-state index in [1.54, 1.807) is 13.0 Å². The lowest BCUT2D eigenvalue weighted by Gasteiger charge is -2.29. The van der Waals surface area contributed by atoms with E-state index in [1.165, 1.54) is 12.1 Å². The van der Waals surface area contributed by atoms with Crippen LogP contribution in [0.25, 0.3) is 22.4 Å². The van der Waals surface area contributed by atoms with Crippen LogP contribution in [0.3, 0.4) is 0 Å². The lowest BCUT2D eigenvalue weighted by Crippen LogP contribution is -2.18. The Kier molecular flexibility index (Phi) is 3.41. The first-order valence-corrected chi connectivity index (χ1v) is 8.10. The molecule has 2 nitrogen and oxygen atoms in total. The maximum Gasteiger partial charge on any atom is 0.416 e. The monoisotopic (exact) mass is 330 g/mol. The molecule has 0 spiro atoms. The van der Waals surface area contributed by atoms with Crippen LogP contribution in [-0.4, -0.2) is 9.55 Å². The predicted octanol–water partition coefficient (Wildman–Crippen LogP) is 5.76. The minimum absolute atomic E-state index is 0.322. The van der Waals surface area contributed by atoms with Crippen LogP contribution in [0.15, 0.2) is 42.5 Å². The number of halogens is 3. The SMILES string of the molecule is Cc1cc(-c2nc3ccccc3n2C2CCC2)cc(C(F)(F)F)c1. The lowest BCUT2D eigenvalue weighted by molar-refractivity contribution is -0.137. The van der Waals surface area contributed by atoms with Gasteiger partial charge in [-0.3, -0.25) is 0 Å². The van der Waals surface area contributed by atoms with Gasteiger partial charge in [0.25, 0.3) is 0 Å². The molecule has 0 bridgehead atoms. The van der Waals surface area contributed by atoms with Crippen molar-refractivity contribution in [2.24, 2.45) is 0 Å². The molecule has 0 N–H and O–H groups in total. The number of benzene rings is 2. The molecule has 0 amide bonds. The van der Waals surface area contributed by atoms with Gasteiger partial charge in [-0.1, -0.05) is 12.1 Å². The average molecular weight is 330 g/mol. The summed E-state index contributed by atoms with van der Waals surface area (Å²) < 4.78 is 41.7. The first-order valence-electron chi connectivity index (χ1n) is 8.10. The Morgan fingerprint density at radius 1 is 1.08 bits per heavy atom. The fourth-order valence-corrected chi connectivity index (χ4v) is 3.34. The second kappa shape index (κ2) is 5.36. The molecule has 4 rings (SSSR count). The molecule has 5 heteroatoms. The highest BCUT2D eigenvalue weighted by atomic mass is 19.4. The number of nitrogens with zero attached hydrogens (tertiary/aromatic N) is 2. The molecule has 0 unspecified atom stereocenters. The summed E-state index contributed by atoms with van der Waals surface area (Å²) in [4.78, 5) is 4.65. The van der Waals surface area contributed by atoms with Crippen molar-refractivity contribution in [3.8, 4) is 11.4 Å². The molecular weight excluding hydrogens is 313 g/mol. The van der Waals surface area contributed by atoms with Crippen LogP contribution >= 0.6 is 0 Å². The van der Waals surface area contributed by atoms with Crippen molar-refractivity contribution < 1.29 is 13.2 Å². The van der Waals surface area contributed by atoms with Crippen LogP contribution in [-0.2, 0) is 6.18 Å². The fraction of sp³-hybridized carbons (Fsp3) is 0.316. The molecule has 0 atom stereocenters. The van der Waals surface area contributed by atoms with Crippen molar-refractivity contribution in [2.45, 2.75) is 38.4 Å². The third kappa shape index (κ3) is 2.48. The topological polar surface area (TPSA) is 17.8 Å². The number of aromatic nitrogens is 2. The normalized spacial score (nSPS) is 15.7. The fourth-order valence-electron chi connectivity index (χ4n) is 3.34. The van der Waals surface area contributed by atoms with Gasteiger partial charge in [-0.2, -0.15) is 13.2 Å². The van der Waals surface area contributed by atoms with Crippen molar-refractivity contribution in [1.82, 2.24) is 9.55 Å². The van der Waals surface area contributed by atoms with Gasteiger partial charge in [0, 0.05) is 11.6 Å². The Morgan fingerprint density at radius 2 is 1.83 bits per heavy atom. The maximum atomic E-state index is 13.2. The molecule has 24 heavy (non-hydrogen) atoms. The zero-order valence-electron chi connectivity index (χ0n) is 13.3. The third-order valence-corrected chi connectivity index (χ3v) is 4.70. The van der Waals surface area contributed by atoms with Crippen LogP contribution in [0.2, 0.25) is 0 Å². The van der Waals surface area contributed by atoms with Crippen molar-refractivity contribution in [3.63, 3.8) is 0 Å². The third-order valence-electron chi connectivity index (χ3n) is 4.70. The van der Waals surface area contributed by atoms with E-state index in [0.717, 1.165) is 30.3 Å². The second-order valence-corrected chi connectivity index (χ2v) is 6.46. The first kappa shape index (κ1) is 15.2. The molecule has 1 aromatic heterocycles. The summed E-state index contributed by atoms with van der Waals surface area (Å²) in [5, 5.41) is 0. The van der Waals surface area contributed by atoms with Crippen LogP contribution in [0.5, 0.6) is 0 Å². The Bertz CT molecular complexity index is 905. The molecular formula is C19H17F3N2. The van der Waals surface area contributed by atoms with E-state index in [0.29, 0.717) is 23.0 Å². The van der Waals surface area contributed by atoms with Gasteiger partial charge in [-0.05, 0) is 62.1 Å². The number of aryl methyl sites for hydroxylation is 1. The van der Waals surface area contributed by atoms with Crippen molar-refractivity contribution in [3.05, 3.63) is 53.6 Å². The predicted molar refractivity (Wildman–Crippen MR) is 87.8 cm³/mol. The highest BCUT2D eigenvalue weighted by Crippen LogP contribution is 2.40. The first-order chi connectivity index (χ1) is 11.4. The maximum absolute atomic E-state index is 13.2. The number of para-hydroxylation sites is 2. The van der Waals surface area contributed by atoms with E-state index >= 15 is 0 Å². The molecule has 1 heterocycles. The van der Waals surface area contributed by atoms with Gasteiger partial charge in [-0.15, -0.1) is 0 Å². The number of rotatable bonds is 2. The van der Waals surface area contributed by atoms with Gasteiger partial charge >= 0.3 is 6.18 Å². The molecule has 1 aliphatic carbocycles. The summed E-state index contributed by atoms with van der Waals surface area (Å²) in [6.07, 6.45) is -1.11. The highest BCUT2D eigenvalue weighted by Gasteiger charge is 2.32. The standard InChI is InChI=1S/C19H17F3N2/c1-12-9-13(11-14(10-12)19(20,21)22)18-23-16-7-2-3-8-17(16)24(18)15-5-4-6-15/h2-3,7-11,15H,4-6H2,1H3. The van der Waals surface area contributed by atoms with E-state index in [9.17, 15) is 13.2 Å². The average Bonchev–Trinajstić information content (AvgIpc) is 2.84. The Labute approximate surface area is 137 Å². The summed E-state index contributed by atoms with van der Waals surface area (Å²) in [5.74, 6) is 0.634. The Morgan fingerprint density at radius 3 is 2.50 bits per heavy atom. The molecule has 1 saturated carbocycles. The van der Waals surface area contributed by atoms with E-state index in [-0.39, 0.29) is 0 Å². The number of fused-ring (bicyclic) bond motifs is 1. The van der Waals surface area contributed by atoms with Crippen LogP contribution in [0.4, 0.5) is 13.2 Å². The summed E-state index contributed by atoms with van der Waals surface area (Å²) >= 11 is 0. The molecule has 0 saturated heterocycles. The Balaban J connectivity index is 1.95. The van der Waals surface area contributed by atoms with E-state index in [2.05, 4.69) is 9.55 Å². The van der Waals surface area contributed by atoms with Gasteiger partial charge in [0.15, 0.2) is 0 Å². The smallest absolute Gasteiger partial charge is 0.321 e. The van der Waals surface area contributed by atoms with Gasteiger partial charge in [0.05, 0.1) is 16.6 Å². The largest absolute Gasteiger partial charge is 0.416 e. The molecule has 1 aliphatic rings.